The van der Waals surface area contributed by atoms with Crippen molar-refractivity contribution >= 4 is 6.03 Å². The molecule has 0 radical (unpaired) electrons. The van der Waals surface area contributed by atoms with Crippen LogP contribution in [0.3, 0.4) is 0 Å². The van der Waals surface area contributed by atoms with Crippen LogP contribution < -0.4 is 5.32 Å². The molecule has 2 atom stereocenters. The Morgan fingerprint density at radius 3 is 2.69 bits per heavy atom. The Morgan fingerprint density at radius 1 is 1.23 bits per heavy atom. The first-order chi connectivity index (χ1) is 12.5. The number of piperazine rings is 1. The molecule has 0 aromatic heterocycles. The van der Waals surface area contributed by atoms with Crippen molar-refractivity contribution in [3.8, 4) is 0 Å². The molecule has 1 aliphatic heterocycles. The number of hydrogen-bond donors (Lipinski definition) is 1. The zero-order valence-corrected chi connectivity index (χ0v) is 14.5. The van der Waals surface area contributed by atoms with E-state index in [0.717, 1.165) is 5.56 Å². The molecule has 2 aliphatic rings. The number of urea groups is 1. The molecule has 1 aromatic rings. The quantitative estimate of drug-likeness (QED) is 0.866. The van der Waals surface area contributed by atoms with Crippen LogP contribution in [0.4, 0.5) is 18.0 Å². The maximum atomic E-state index is 13.3. The molecule has 1 N–H and O–H groups in total. The second kappa shape index (κ2) is 8.73. The van der Waals surface area contributed by atoms with Crippen LogP contribution >= 0.6 is 0 Å². The highest BCUT2D eigenvalue weighted by molar-refractivity contribution is 5.74. The molecule has 2 unspecified atom stereocenters. The van der Waals surface area contributed by atoms with Gasteiger partial charge in [0.15, 0.2) is 0 Å². The summed E-state index contributed by atoms with van der Waals surface area (Å²) in [4.78, 5) is 16.3. The van der Waals surface area contributed by atoms with E-state index in [1.165, 1.54) is 12.1 Å². The van der Waals surface area contributed by atoms with E-state index < -0.39 is 12.7 Å². The fourth-order valence-corrected chi connectivity index (χ4v) is 3.61. The largest absolute Gasteiger partial charge is 0.345 e. The minimum Gasteiger partial charge on any atom is -0.335 e. The first-order valence-corrected chi connectivity index (χ1v) is 8.95. The van der Waals surface area contributed by atoms with Crippen LogP contribution in [-0.4, -0.2) is 60.8 Å². The smallest absolute Gasteiger partial charge is 0.335 e. The van der Waals surface area contributed by atoms with Crippen LogP contribution in [0.2, 0.25) is 0 Å². The second-order valence-electron chi connectivity index (χ2n) is 6.87. The van der Waals surface area contributed by atoms with Crippen LogP contribution in [0.1, 0.15) is 24.8 Å². The highest BCUT2D eigenvalue weighted by Gasteiger charge is 2.30. The number of alkyl halides is 2. The summed E-state index contributed by atoms with van der Waals surface area (Å²) in [7, 11) is 0. The minimum atomic E-state index is -2.76. The van der Waals surface area contributed by atoms with E-state index in [9.17, 15) is 18.0 Å². The van der Waals surface area contributed by atoms with E-state index in [-0.39, 0.29) is 17.9 Å². The predicted octanol–water partition coefficient (Wildman–Crippen LogP) is 2.81. The lowest BCUT2D eigenvalue weighted by molar-refractivity contribution is -0.160. The monoisotopic (exact) mass is 371 g/mol. The van der Waals surface area contributed by atoms with E-state index in [4.69, 9.17) is 0 Å². The van der Waals surface area contributed by atoms with Gasteiger partial charge in [0, 0.05) is 38.8 Å². The lowest BCUT2D eigenvalue weighted by Gasteiger charge is -2.35. The van der Waals surface area contributed by atoms with Gasteiger partial charge in [0.25, 0.3) is 0 Å². The Balaban J connectivity index is 1.40. The molecule has 1 aliphatic carbocycles. The fourth-order valence-electron chi connectivity index (χ4n) is 3.61. The van der Waals surface area contributed by atoms with Gasteiger partial charge in [-0.25, -0.2) is 9.18 Å². The van der Waals surface area contributed by atoms with Crippen LogP contribution in [0.25, 0.3) is 0 Å². The summed E-state index contributed by atoms with van der Waals surface area (Å²) in [5.41, 5.74) is 0.916. The average molecular weight is 371 g/mol. The SMILES string of the molecule is O=C(NC1CCC(OC(F)F)C1)N1CCN(Cc2cccc(F)c2)CC1. The minimum absolute atomic E-state index is 0.114. The standard InChI is InChI=1S/C18H24F3N3O2/c19-14-3-1-2-13(10-14)12-23-6-8-24(9-7-23)18(25)22-15-4-5-16(11-15)26-17(20)21/h1-3,10,15-17H,4-9,11-12H2,(H,22,25). The number of halogens is 3. The van der Waals surface area contributed by atoms with E-state index in [1.54, 1.807) is 11.0 Å². The van der Waals surface area contributed by atoms with Gasteiger partial charge in [-0.05, 0) is 37.0 Å². The summed E-state index contributed by atoms with van der Waals surface area (Å²) in [5, 5.41) is 2.92. The van der Waals surface area contributed by atoms with Crippen LogP contribution in [0, 0.1) is 5.82 Å². The Labute approximate surface area is 151 Å². The number of amides is 2. The van der Waals surface area contributed by atoms with Crippen LogP contribution in [0.5, 0.6) is 0 Å². The van der Waals surface area contributed by atoms with E-state index in [1.807, 2.05) is 6.07 Å². The highest BCUT2D eigenvalue weighted by atomic mass is 19.3. The Bertz CT molecular complexity index is 609. The number of hydrogen-bond acceptors (Lipinski definition) is 3. The van der Waals surface area contributed by atoms with Crippen LogP contribution in [-0.2, 0) is 11.3 Å². The topological polar surface area (TPSA) is 44.8 Å². The average Bonchev–Trinajstić information content (AvgIpc) is 3.01. The maximum absolute atomic E-state index is 13.3. The normalized spacial score (nSPS) is 24.2. The first kappa shape index (κ1) is 19.0. The molecule has 3 rings (SSSR count). The number of nitrogens with one attached hydrogen (secondary N) is 1. The van der Waals surface area contributed by atoms with E-state index in [0.29, 0.717) is 52.0 Å². The van der Waals surface area contributed by atoms with Gasteiger partial charge in [-0.15, -0.1) is 0 Å². The van der Waals surface area contributed by atoms with Gasteiger partial charge in [-0.1, -0.05) is 12.1 Å². The van der Waals surface area contributed by atoms with Gasteiger partial charge in [-0.2, -0.15) is 8.78 Å². The Kier molecular flexibility index (Phi) is 6.37. The van der Waals surface area contributed by atoms with Crippen molar-refractivity contribution in [2.24, 2.45) is 0 Å². The van der Waals surface area contributed by atoms with Crippen molar-refractivity contribution < 1.29 is 22.7 Å². The molecule has 26 heavy (non-hydrogen) atoms. The van der Waals surface area contributed by atoms with Gasteiger partial charge in [0.1, 0.15) is 5.82 Å². The molecule has 144 valence electrons. The van der Waals surface area contributed by atoms with Crippen LogP contribution in [0.15, 0.2) is 24.3 Å². The van der Waals surface area contributed by atoms with Crippen molar-refractivity contribution in [2.45, 2.75) is 44.6 Å². The lowest BCUT2D eigenvalue weighted by atomic mass is 10.2. The Hall–Kier alpha value is -1.80. The number of carbonyl (C=O) groups is 1. The number of carbonyl (C=O) groups excluding carboxylic acids is 1. The lowest BCUT2D eigenvalue weighted by Crippen LogP contribution is -2.53. The number of ether oxygens (including phenoxy) is 1. The second-order valence-corrected chi connectivity index (χ2v) is 6.87. The van der Waals surface area contributed by atoms with Crippen molar-refractivity contribution in [2.75, 3.05) is 26.2 Å². The highest BCUT2D eigenvalue weighted by Crippen LogP contribution is 2.24. The summed E-state index contributed by atoms with van der Waals surface area (Å²) >= 11 is 0. The van der Waals surface area contributed by atoms with Gasteiger partial charge in [0.2, 0.25) is 0 Å². The summed E-state index contributed by atoms with van der Waals surface area (Å²) in [6, 6.07) is 6.26. The molecule has 1 heterocycles. The van der Waals surface area contributed by atoms with E-state index in [2.05, 4.69) is 15.0 Å². The predicted molar refractivity (Wildman–Crippen MR) is 90.3 cm³/mol. The fraction of sp³-hybridized carbons (Fsp3) is 0.611. The Morgan fingerprint density at radius 2 is 2.00 bits per heavy atom. The number of rotatable bonds is 5. The van der Waals surface area contributed by atoms with Gasteiger partial charge < -0.3 is 15.0 Å². The maximum Gasteiger partial charge on any atom is 0.345 e. The molecule has 2 fully saturated rings. The van der Waals surface area contributed by atoms with Crippen molar-refractivity contribution in [1.82, 2.24) is 15.1 Å². The third kappa shape index (κ3) is 5.35. The van der Waals surface area contributed by atoms with E-state index >= 15 is 0 Å². The molecule has 2 amide bonds. The molecular formula is C18H24F3N3O2. The summed E-state index contributed by atoms with van der Waals surface area (Å²) < 4.78 is 42.2. The molecular weight excluding hydrogens is 347 g/mol. The van der Waals surface area contributed by atoms with Gasteiger partial charge in [-0.3, -0.25) is 4.90 Å². The molecule has 1 aromatic carbocycles. The molecule has 0 spiro atoms. The third-order valence-electron chi connectivity index (χ3n) is 4.96. The van der Waals surface area contributed by atoms with Crippen molar-refractivity contribution in [3.63, 3.8) is 0 Å². The van der Waals surface area contributed by atoms with Crippen molar-refractivity contribution in [3.05, 3.63) is 35.6 Å². The number of benzene rings is 1. The summed E-state index contributed by atoms with van der Waals surface area (Å²) in [6.07, 6.45) is 1.14. The van der Waals surface area contributed by atoms with Crippen molar-refractivity contribution in [1.29, 1.82) is 0 Å². The molecule has 1 saturated carbocycles. The van der Waals surface area contributed by atoms with Gasteiger partial charge >= 0.3 is 12.6 Å². The molecule has 8 heteroatoms. The molecule has 0 bridgehead atoms. The third-order valence-corrected chi connectivity index (χ3v) is 4.96. The molecule has 5 nitrogen and oxygen atoms in total. The molecule has 1 saturated heterocycles. The summed E-state index contributed by atoms with van der Waals surface area (Å²) in [6.45, 7) is 0.496. The van der Waals surface area contributed by atoms with Gasteiger partial charge in [0.05, 0.1) is 6.10 Å². The number of nitrogens with zero attached hydrogens (tertiary/aromatic N) is 2. The first-order valence-electron chi connectivity index (χ1n) is 8.95. The summed E-state index contributed by atoms with van der Waals surface area (Å²) in [5.74, 6) is -0.244. The zero-order chi connectivity index (χ0) is 18.5. The zero-order valence-electron chi connectivity index (χ0n) is 14.5.